The zero-order valence-electron chi connectivity index (χ0n) is 12.3. The van der Waals surface area contributed by atoms with Gasteiger partial charge in [0.2, 0.25) is 0 Å². The Morgan fingerprint density at radius 1 is 1.25 bits per heavy atom. The van der Waals surface area contributed by atoms with Crippen LogP contribution in [0.25, 0.3) is 0 Å². The van der Waals surface area contributed by atoms with Crippen molar-refractivity contribution in [3.8, 4) is 0 Å². The van der Waals surface area contributed by atoms with Gasteiger partial charge in [0.05, 0.1) is 6.20 Å². The van der Waals surface area contributed by atoms with Crippen molar-refractivity contribution in [3.05, 3.63) is 52.3 Å². The number of aryl methyl sites for hydroxylation is 1. The molecular weight excluding hydrogens is 314 g/mol. The first-order chi connectivity index (χ1) is 9.54. The van der Waals surface area contributed by atoms with E-state index in [1.807, 2.05) is 17.9 Å². The topological polar surface area (TPSA) is 29.9 Å². The van der Waals surface area contributed by atoms with Crippen molar-refractivity contribution in [2.24, 2.45) is 7.05 Å². The maximum absolute atomic E-state index is 4.26. The molecule has 0 aliphatic heterocycles. The summed E-state index contributed by atoms with van der Waals surface area (Å²) >= 11 is 3.50. The number of hydrogen-bond donors (Lipinski definition) is 1. The minimum absolute atomic E-state index is 0.467. The zero-order valence-corrected chi connectivity index (χ0v) is 13.9. The van der Waals surface area contributed by atoms with Crippen molar-refractivity contribution in [1.29, 1.82) is 0 Å². The van der Waals surface area contributed by atoms with E-state index in [-0.39, 0.29) is 0 Å². The molecule has 1 aromatic carbocycles. The molecule has 1 heterocycles. The summed E-state index contributed by atoms with van der Waals surface area (Å²) in [6.07, 6.45) is 5.07. The molecule has 108 valence electrons. The zero-order chi connectivity index (χ0) is 14.5. The Bertz CT molecular complexity index is 531. The van der Waals surface area contributed by atoms with Gasteiger partial charge in [-0.1, -0.05) is 41.9 Å². The molecule has 1 atom stereocenters. The third-order valence-electron chi connectivity index (χ3n) is 3.35. The van der Waals surface area contributed by atoms with Crippen LogP contribution in [-0.2, 0) is 13.5 Å². The van der Waals surface area contributed by atoms with Crippen molar-refractivity contribution < 1.29 is 0 Å². The molecule has 4 heteroatoms. The van der Waals surface area contributed by atoms with Crippen LogP contribution in [0.1, 0.15) is 30.9 Å². The van der Waals surface area contributed by atoms with E-state index in [1.54, 1.807) is 0 Å². The van der Waals surface area contributed by atoms with Gasteiger partial charge in [-0.3, -0.25) is 4.68 Å². The van der Waals surface area contributed by atoms with Crippen LogP contribution >= 0.6 is 15.9 Å². The van der Waals surface area contributed by atoms with Crippen LogP contribution in [0.4, 0.5) is 0 Å². The van der Waals surface area contributed by atoms with Gasteiger partial charge in [-0.15, -0.1) is 0 Å². The van der Waals surface area contributed by atoms with E-state index in [0.29, 0.717) is 12.0 Å². The Labute approximate surface area is 129 Å². The molecular formula is C16H22BrN3. The summed E-state index contributed by atoms with van der Waals surface area (Å²) in [4.78, 5) is 0. The fourth-order valence-corrected chi connectivity index (χ4v) is 2.55. The van der Waals surface area contributed by atoms with E-state index in [0.717, 1.165) is 17.4 Å². The molecule has 0 bridgehead atoms. The van der Waals surface area contributed by atoms with Gasteiger partial charge in [-0.2, -0.15) is 5.10 Å². The summed E-state index contributed by atoms with van der Waals surface area (Å²) in [5.74, 6) is 0.467. The standard InChI is InChI=1S/C16H22BrN3/c1-12(2)18-10-15(8-13-9-19-20(3)11-13)14-4-6-16(17)7-5-14/h4-7,9,11-12,15,18H,8,10H2,1-3H3. The SMILES string of the molecule is CC(C)NCC(Cc1cnn(C)c1)c1ccc(Br)cc1. The summed E-state index contributed by atoms with van der Waals surface area (Å²) in [7, 11) is 1.96. The van der Waals surface area contributed by atoms with Crippen LogP contribution in [0.15, 0.2) is 41.1 Å². The van der Waals surface area contributed by atoms with Crippen LogP contribution in [0.3, 0.4) is 0 Å². The fourth-order valence-electron chi connectivity index (χ4n) is 2.28. The molecule has 0 radical (unpaired) electrons. The third-order valence-corrected chi connectivity index (χ3v) is 3.88. The number of aromatic nitrogens is 2. The predicted octanol–water partition coefficient (Wildman–Crippen LogP) is 3.51. The molecule has 0 amide bonds. The first-order valence-corrected chi connectivity index (χ1v) is 7.80. The molecule has 1 N–H and O–H groups in total. The van der Waals surface area contributed by atoms with Crippen molar-refractivity contribution >= 4 is 15.9 Å². The number of nitrogens with one attached hydrogen (secondary N) is 1. The largest absolute Gasteiger partial charge is 0.314 e. The van der Waals surface area contributed by atoms with Gasteiger partial charge in [0.15, 0.2) is 0 Å². The van der Waals surface area contributed by atoms with Gasteiger partial charge < -0.3 is 5.32 Å². The maximum Gasteiger partial charge on any atom is 0.0521 e. The normalized spacial score (nSPS) is 12.8. The molecule has 0 aliphatic carbocycles. The van der Waals surface area contributed by atoms with Crippen molar-refractivity contribution in [3.63, 3.8) is 0 Å². The highest BCUT2D eigenvalue weighted by Gasteiger charge is 2.14. The molecule has 0 spiro atoms. The number of nitrogens with zero attached hydrogens (tertiary/aromatic N) is 2. The number of benzene rings is 1. The fraction of sp³-hybridized carbons (Fsp3) is 0.438. The minimum Gasteiger partial charge on any atom is -0.314 e. The molecule has 2 aromatic rings. The first-order valence-electron chi connectivity index (χ1n) is 7.01. The lowest BCUT2D eigenvalue weighted by atomic mass is 9.93. The van der Waals surface area contributed by atoms with E-state index < -0.39 is 0 Å². The van der Waals surface area contributed by atoms with E-state index >= 15 is 0 Å². The number of halogens is 1. The molecule has 1 aromatic heterocycles. The Kier molecular flexibility index (Phi) is 5.38. The van der Waals surface area contributed by atoms with Crippen molar-refractivity contribution in [2.75, 3.05) is 6.54 Å². The minimum atomic E-state index is 0.467. The second kappa shape index (κ2) is 7.04. The molecule has 3 nitrogen and oxygen atoms in total. The predicted molar refractivity (Wildman–Crippen MR) is 86.9 cm³/mol. The maximum atomic E-state index is 4.26. The molecule has 20 heavy (non-hydrogen) atoms. The van der Waals surface area contributed by atoms with E-state index in [4.69, 9.17) is 0 Å². The van der Waals surface area contributed by atoms with Crippen LogP contribution < -0.4 is 5.32 Å². The van der Waals surface area contributed by atoms with Crippen LogP contribution in [0.5, 0.6) is 0 Å². The smallest absolute Gasteiger partial charge is 0.0521 e. The molecule has 0 saturated carbocycles. The molecule has 1 unspecified atom stereocenters. The average molecular weight is 336 g/mol. The Morgan fingerprint density at radius 2 is 1.95 bits per heavy atom. The molecule has 0 fully saturated rings. The summed E-state index contributed by atoms with van der Waals surface area (Å²) in [6, 6.07) is 9.13. The molecule has 0 saturated heterocycles. The quantitative estimate of drug-likeness (QED) is 0.875. The lowest BCUT2D eigenvalue weighted by Crippen LogP contribution is -2.28. The van der Waals surface area contributed by atoms with Gasteiger partial charge in [-0.25, -0.2) is 0 Å². The van der Waals surface area contributed by atoms with E-state index in [2.05, 4.69) is 70.7 Å². The van der Waals surface area contributed by atoms with Gasteiger partial charge in [-0.05, 0) is 29.7 Å². The lowest BCUT2D eigenvalue weighted by molar-refractivity contribution is 0.526. The van der Waals surface area contributed by atoms with E-state index in [1.165, 1.54) is 11.1 Å². The lowest BCUT2D eigenvalue weighted by Gasteiger charge is -2.19. The summed E-state index contributed by atoms with van der Waals surface area (Å²) < 4.78 is 2.99. The van der Waals surface area contributed by atoms with Gasteiger partial charge in [0.1, 0.15) is 0 Å². The average Bonchev–Trinajstić information content (AvgIpc) is 2.81. The highest BCUT2D eigenvalue weighted by atomic mass is 79.9. The van der Waals surface area contributed by atoms with Crippen molar-refractivity contribution in [1.82, 2.24) is 15.1 Å². The van der Waals surface area contributed by atoms with Gasteiger partial charge >= 0.3 is 0 Å². The summed E-state index contributed by atoms with van der Waals surface area (Å²) in [5.41, 5.74) is 2.65. The third kappa shape index (κ3) is 4.46. The molecule has 2 rings (SSSR count). The van der Waals surface area contributed by atoms with Crippen LogP contribution in [0.2, 0.25) is 0 Å². The highest BCUT2D eigenvalue weighted by Crippen LogP contribution is 2.22. The van der Waals surface area contributed by atoms with Gasteiger partial charge in [0.25, 0.3) is 0 Å². The van der Waals surface area contributed by atoms with Gasteiger partial charge in [0, 0.05) is 36.2 Å². The number of hydrogen-bond acceptors (Lipinski definition) is 2. The molecule has 0 aliphatic rings. The highest BCUT2D eigenvalue weighted by molar-refractivity contribution is 9.10. The first kappa shape index (κ1) is 15.3. The summed E-state index contributed by atoms with van der Waals surface area (Å²) in [6.45, 7) is 5.35. The Balaban J connectivity index is 2.13. The van der Waals surface area contributed by atoms with Crippen LogP contribution in [-0.4, -0.2) is 22.4 Å². The summed E-state index contributed by atoms with van der Waals surface area (Å²) in [5, 5.41) is 7.81. The second-order valence-corrected chi connectivity index (χ2v) is 6.45. The van der Waals surface area contributed by atoms with E-state index in [9.17, 15) is 0 Å². The van der Waals surface area contributed by atoms with Crippen LogP contribution in [0, 0.1) is 0 Å². The Hall–Kier alpha value is -1.13. The monoisotopic (exact) mass is 335 g/mol. The Morgan fingerprint density at radius 3 is 2.50 bits per heavy atom. The second-order valence-electron chi connectivity index (χ2n) is 5.54. The number of rotatable bonds is 6. The van der Waals surface area contributed by atoms with Crippen molar-refractivity contribution in [2.45, 2.75) is 32.2 Å².